The van der Waals surface area contributed by atoms with Crippen LogP contribution in [-0.2, 0) is 22.3 Å². The molecule has 0 bridgehead atoms. The van der Waals surface area contributed by atoms with E-state index >= 15 is 0 Å². The molecule has 0 aliphatic carbocycles. The molecule has 1 aromatic carbocycles. The van der Waals surface area contributed by atoms with Gasteiger partial charge in [-0.05, 0) is 38.0 Å². The summed E-state index contributed by atoms with van der Waals surface area (Å²) >= 11 is 0. The largest absolute Gasteiger partial charge is 0.268 e. The fourth-order valence-corrected chi connectivity index (χ4v) is 3.47. The summed E-state index contributed by atoms with van der Waals surface area (Å²) < 4.78 is 28.6. The summed E-state index contributed by atoms with van der Waals surface area (Å²) in [7, 11) is -3.32. The number of rotatable bonds is 6. The monoisotopic (exact) mass is 307 g/mol. The number of aromatic nitrogens is 2. The lowest BCUT2D eigenvalue weighted by atomic mass is 10.1. The standard InChI is InChI=1S/C15H21N3O2S/c1-12-6-4-5-7-15(12)11-21(19,20)16-8-9-18-14(3)10-13(2)17-18/h4-7,10,16H,8-9,11H2,1-3H3. The number of hydrogen-bond acceptors (Lipinski definition) is 3. The minimum absolute atomic E-state index is 0.0107. The Morgan fingerprint density at radius 1 is 1.19 bits per heavy atom. The second-order valence-electron chi connectivity index (χ2n) is 5.23. The Morgan fingerprint density at radius 3 is 2.52 bits per heavy atom. The van der Waals surface area contributed by atoms with Crippen LogP contribution >= 0.6 is 0 Å². The Kier molecular flexibility index (Phi) is 4.80. The van der Waals surface area contributed by atoms with Crippen molar-refractivity contribution in [1.29, 1.82) is 0 Å². The van der Waals surface area contributed by atoms with E-state index in [0.717, 1.165) is 22.5 Å². The Balaban J connectivity index is 1.93. The zero-order chi connectivity index (χ0) is 15.5. The van der Waals surface area contributed by atoms with Gasteiger partial charge < -0.3 is 0 Å². The molecule has 5 nitrogen and oxygen atoms in total. The summed E-state index contributed by atoms with van der Waals surface area (Å²) in [6.07, 6.45) is 0. The molecule has 1 aromatic heterocycles. The van der Waals surface area contributed by atoms with Crippen molar-refractivity contribution < 1.29 is 8.42 Å². The lowest BCUT2D eigenvalue weighted by Crippen LogP contribution is -2.29. The zero-order valence-electron chi connectivity index (χ0n) is 12.6. The van der Waals surface area contributed by atoms with Crippen LogP contribution in [0.3, 0.4) is 0 Å². The summed E-state index contributed by atoms with van der Waals surface area (Å²) in [5, 5.41) is 4.31. The summed E-state index contributed by atoms with van der Waals surface area (Å²) in [5.41, 5.74) is 3.79. The van der Waals surface area contributed by atoms with Crippen LogP contribution in [0.1, 0.15) is 22.5 Å². The van der Waals surface area contributed by atoms with Gasteiger partial charge in [-0.15, -0.1) is 0 Å². The van der Waals surface area contributed by atoms with Crippen molar-refractivity contribution in [2.75, 3.05) is 6.54 Å². The first-order valence-electron chi connectivity index (χ1n) is 6.90. The van der Waals surface area contributed by atoms with E-state index in [1.54, 1.807) is 0 Å². The van der Waals surface area contributed by atoms with E-state index < -0.39 is 10.0 Å². The number of nitrogens with one attached hydrogen (secondary N) is 1. The lowest BCUT2D eigenvalue weighted by Gasteiger charge is -2.09. The summed E-state index contributed by atoms with van der Waals surface area (Å²) in [5.74, 6) is 0.0107. The first kappa shape index (κ1) is 15.7. The Labute approximate surface area is 126 Å². The van der Waals surface area contributed by atoms with Crippen molar-refractivity contribution in [2.24, 2.45) is 0 Å². The molecule has 1 N–H and O–H groups in total. The summed E-state index contributed by atoms with van der Waals surface area (Å²) in [6.45, 7) is 6.68. The fraction of sp³-hybridized carbons (Fsp3) is 0.400. The number of nitrogens with zero attached hydrogens (tertiary/aromatic N) is 2. The van der Waals surface area contributed by atoms with Crippen LogP contribution in [0.5, 0.6) is 0 Å². The molecule has 2 rings (SSSR count). The molecule has 0 atom stereocenters. The Hall–Kier alpha value is -1.66. The van der Waals surface area contributed by atoms with Crippen LogP contribution in [0.15, 0.2) is 30.3 Å². The Morgan fingerprint density at radius 2 is 1.90 bits per heavy atom. The molecule has 0 fully saturated rings. The highest BCUT2D eigenvalue weighted by atomic mass is 32.2. The van der Waals surface area contributed by atoms with Crippen molar-refractivity contribution in [3.8, 4) is 0 Å². The van der Waals surface area contributed by atoms with Crippen molar-refractivity contribution in [2.45, 2.75) is 33.1 Å². The molecule has 0 saturated heterocycles. The molecule has 1 heterocycles. The topological polar surface area (TPSA) is 64.0 Å². The molecule has 0 spiro atoms. The molecule has 0 aliphatic heterocycles. The van der Waals surface area contributed by atoms with Gasteiger partial charge in [0.05, 0.1) is 18.0 Å². The molecule has 21 heavy (non-hydrogen) atoms. The predicted molar refractivity (Wildman–Crippen MR) is 83.5 cm³/mol. The molecule has 0 radical (unpaired) electrons. The predicted octanol–water partition coefficient (Wildman–Crippen LogP) is 1.93. The van der Waals surface area contributed by atoms with E-state index in [9.17, 15) is 8.42 Å². The summed E-state index contributed by atoms with van der Waals surface area (Å²) in [6, 6.07) is 9.49. The van der Waals surface area contributed by atoms with Crippen molar-refractivity contribution in [3.63, 3.8) is 0 Å². The maximum Gasteiger partial charge on any atom is 0.215 e. The molecule has 0 unspecified atom stereocenters. The zero-order valence-corrected chi connectivity index (χ0v) is 13.4. The highest BCUT2D eigenvalue weighted by Gasteiger charge is 2.12. The van der Waals surface area contributed by atoms with Crippen LogP contribution in [0, 0.1) is 20.8 Å². The third-order valence-electron chi connectivity index (χ3n) is 3.36. The molecule has 0 amide bonds. The molecular weight excluding hydrogens is 286 g/mol. The molecule has 2 aromatic rings. The third-order valence-corrected chi connectivity index (χ3v) is 4.69. The maximum absolute atomic E-state index is 12.1. The second kappa shape index (κ2) is 6.41. The molecule has 0 saturated carbocycles. The van der Waals surface area contributed by atoms with E-state index in [0.29, 0.717) is 13.1 Å². The van der Waals surface area contributed by atoms with E-state index in [-0.39, 0.29) is 5.75 Å². The van der Waals surface area contributed by atoms with Gasteiger partial charge in [-0.25, -0.2) is 13.1 Å². The van der Waals surface area contributed by atoms with Gasteiger partial charge in [0, 0.05) is 12.2 Å². The van der Waals surface area contributed by atoms with Gasteiger partial charge in [-0.3, -0.25) is 4.68 Å². The van der Waals surface area contributed by atoms with Gasteiger partial charge in [0.2, 0.25) is 10.0 Å². The third kappa shape index (κ3) is 4.41. The molecule has 6 heteroatoms. The van der Waals surface area contributed by atoms with Gasteiger partial charge in [0.25, 0.3) is 0 Å². The van der Waals surface area contributed by atoms with Crippen LogP contribution in [0.4, 0.5) is 0 Å². The maximum atomic E-state index is 12.1. The van der Waals surface area contributed by atoms with Crippen LogP contribution in [0.2, 0.25) is 0 Å². The van der Waals surface area contributed by atoms with Crippen molar-refractivity contribution >= 4 is 10.0 Å². The SMILES string of the molecule is Cc1cc(C)n(CCNS(=O)(=O)Cc2ccccc2C)n1. The Bertz CT molecular complexity index is 720. The van der Waals surface area contributed by atoms with E-state index in [1.807, 2.05) is 55.8 Å². The van der Waals surface area contributed by atoms with Gasteiger partial charge in [-0.1, -0.05) is 24.3 Å². The van der Waals surface area contributed by atoms with Crippen molar-refractivity contribution in [3.05, 3.63) is 52.8 Å². The summed E-state index contributed by atoms with van der Waals surface area (Å²) in [4.78, 5) is 0. The van der Waals surface area contributed by atoms with Crippen LogP contribution in [0.25, 0.3) is 0 Å². The van der Waals surface area contributed by atoms with E-state index in [4.69, 9.17) is 0 Å². The first-order valence-corrected chi connectivity index (χ1v) is 8.55. The van der Waals surface area contributed by atoms with Crippen LogP contribution in [-0.4, -0.2) is 24.7 Å². The fourth-order valence-electron chi connectivity index (χ4n) is 2.24. The number of sulfonamides is 1. The van der Waals surface area contributed by atoms with Gasteiger partial charge in [-0.2, -0.15) is 5.10 Å². The van der Waals surface area contributed by atoms with Gasteiger partial charge in [0.1, 0.15) is 0 Å². The number of benzene rings is 1. The van der Waals surface area contributed by atoms with Crippen molar-refractivity contribution in [1.82, 2.24) is 14.5 Å². The number of hydrogen-bond donors (Lipinski definition) is 1. The normalized spacial score (nSPS) is 11.8. The minimum Gasteiger partial charge on any atom is -0.268 e. The first-order chi connectivity index (χ1) is 9.87. The molecular formula is C15H21N3O2S. The van der Waals surface area contributed by atoms with E-state index in [2.05, 4.69) is 9.82 Å². The van der Waals surface area contributed by atoms with Crippen LogP contribution < -0.4 is 4.72 Å². The minimum atomic E-state index is -3.32. The number of aryl methyl sites for hydroxylation is 3. The highest BCUT2D eigenvalue weighted by molar-refractivity contribution is 7.88. The van der Waals surface area contributed by atoms with Gasteiger partial charge >= 0.3 is 0 Å². The second-order valence-corrected chi connectivity index (χ2v) is 7.04. The van der Waals surface area contributed by atoms with E-state index in [1.165, 1.54) is 0 Å². The quantitative estimate of drug-likeness (QED) is 0.887. The lowest BCUT2D eigenvalue weighted by molar-refractivity contribution is 0.553. The van der Waals surface area contributed by atoms with Gasteiger partial charge in [0.15, 0.2) is 0 Å². The smallest absolute Gasteiger partial charge is 0.215 e. The molecule has 0 aliphatic rings. The highest BCUT2D eigenvalue weighted by Crippen LogP contribution is 2.10. The molecule has 114 valence electrons. The average molecular weight is 307 g/mol. The average Bonchev–Trinajstić information content (AvgIpc) is 2.70.